The number of urea groups is 1. The van der Waals surface area contributed by atoms with Crippen LogP contribution in [0.5, 0.6) is 0 Å². The third kappa shape index (κ3) is 6.33. The van der Waals surface area contributed by atoms with Crippen molar-refractivity contribution in [3.05, 3.63) is 35.9 Å². The number of benzene rings is 1. The minimum absolute atomic E-state index is 0.0395. The van der Waals surface area contributed by atoms with Gasteiger partial charge in [0.2, 0.25) is 0 Å². The first kappa shape index (κ1) is 19.7. The van der Waals surface area contributed by atoms with Gasteiger partial charge >= 0.3 is 6.03 Å². The standard InChI is InChI=1S/C20H32N2O3/c1-20(2,25-3)15-21-19(24)22-13-11-17(12-14-22)18(23)10-9-16-7-5-4-6-8-16/h4-8,17-18,23H,9-15H2,1-3H3,(H,21,24)/t18-/m1/s1. The zero-order valence-corrected chi connectivity index (χ0v) is 15.7. The van der Waals surface area contributed by atoms with Gasteiger partial charge in [0.25, 0.3) is 0 Å². The molecule has 1 heterocycles. The average Bonchev–Trinajstić information content (AvgIpc) is 2.65. The van der Waals surface area contributed by atoms with Crippen LogP contribution in [0.2, 0.25) is 0 Å². The summed E-state index contributed by atoms with van der Waals surface area (Å²) in [4.78, 5) is 14.1. The Morgan fingerprint density at radius 2 is 1.96 bits per heavy atom. The summed E-state index contributed by atoms with van der Waals surface area (Å²) in [6.45, 7) is 5.78. The smallest absolute Gasteiger partial charge is 0.317 e. The maximum atomic E-state index is 12.2. The SMILES string of the molecule is COC(C)(C)CNC(=O)N1CCC([C@H](O)CCc2ccccc2)CC1. The number of likely N-dealkylation sites (tertiary alicyclic amines) is 1. The Balaban J connectivity index is 1.70. The molecule has 25 heavy (non-hydrogen) atoms. The van der Waals surface area contributed by atoms with Crippen LogP contribution >= 0.6 is 0 Å². The predicted octanol–water partition coefficient (Wildman–Crippen LogP) is 2.83. The molecule has 0 saturated carbocycles. The van der Waals surface area contributed by atoms with E-state index in [0.29, 0.717) is 19.6 Å². The zero-order valence-electron chi connectivity index (χ0n) is 15.7. The second kappa shape index (κ2) is 9.20. The van der Waals surface area contributed by atoms with Gasteiger partial charge in [-0.1, -0.05) is 30.3 Å². The fraction of sp³-hybridized carbons (Fsp3) is 0.650. The minimum atomic E-state index is -0.360. The molecule has 140 valence electrons. The van der Waals surface area contributed by atoms with Crippen molar-refractivity contribution in [3.8, 4) is 0 Å². The van der Waals surface area contributed by atoms with Gasteiger partial charge in [-0.25, -0.2) is 4.79 Å². The molecular weight excluding hydrogens is 316 g/mol. The largest absolute Gasteiger partial charge is 0.393 e. The monoisotopic (exact) mass is 348 g/mol. The van der Waals surface area contributed by atoms with Crippen LogP contribution < -0.4 is 5.32 Å². The number of ether oxygens (including phenoxy) is 1. The Morgan fingerprint density at radius 3 is 2.56 bits per heavy atom. The second-order valence-electron chi connectivity index (χ2n) is 7.54. The summed E-state index contributed by atoms with van der Waals surface area (Å²) in [6, 6.07) is 10.2. The number of hydrogen-bond acceptors (Lipinski definition) is 3. The normalized spacial score (nSPS) is 17.4. The number of amides is 2. The van der Waals surface area contributed by atoms with Crippen molar-refractivity contribution in [2.45, 2.75) is 51.2 Å². The molecule has 0 unspecified atom stereocenters. The molecule has 1 fully saturated rings. The highest BCUT2D eigenvalue weighted by Crippen LogP contribution is 2.23. The van der Waals surface area contributed by atoms with Gasteiger partial charge < -0.3 is 20.1 Å². The molecule has 5 nitrogen and oxygen atoms in total. The van der Waals surface area contributed by atoms with Gasteiger partial charge in [0.05, 0.1) is 11.7 Å². The molecule has 2 N–H and O–H groups in total. The molecule has 1 aliphatic rings. The lowest BCUT2D eigenvalue weighted by molar-refractivity contribution is 0.0230. The number of aliphatic hydroxyl groups is 1. The van der Waals surface area contributed by atoms with Crippen LogP contribution in [0.15, 0.2) is 30.3 Å². The fourth-order valence-corrected chi connectivity index (χ4v) is 3.15. The van der Waals surface area contributed by atoms with Gasteiger partial charge in [-0.3, -0.25) is 0 Å². The summed E-state index contributed by atoms with van der Waals surface area (Å²) in [6.07, 6.45) is 3.10. The molecule has 0 spiro atoms. The molecule has 1 atom stereocenters. The number of carbonyl (C=O) groups excluding carboxylic acids is 1. The van der Waals surface area contributed by atoms with Crippen molar-refractivity contribution in [3.63, 3.8) is 0 Å². The van der Waals surface area contributed by atoms with Crippen molar-refractivity contribution < 1.29 is 14.6 Å². The van der Waals surface area contributed by atoms with Gasteiger partial charge in [0.15, 0.2) is 0 Å². The van der Waals surface area contributed by atoms with Gasteiger partial charge in [0.1, 0.15) is 0 Å². The van der Waals surface area contributed by atoms with E-state index in [2.05, 4.69) is 17.4 Å². The van der Waals surface area contributed by atoms with E-state index in [4.69, 9.17) is 4.74 Å². The van der Waals surface area contributed by atoms with Crippen molar-refractivity contribution in [1.29, 1.82) is 0 Å². The second-order valence-corrected chi connectivity index (χ2v) is 7.54. The predicted molar refractivity (Wildman–Crippen MR) is 99.6 cm³/mol. The zero-order chi connectivity index (χ0) is 18.3. The van der Waals surface area contributed by atoms with E-state index in [1.807, 2.05) is 36.9 Å². The Hall–Kier alpha value is -1.59. The number of piperidine rings is 1. The number of aryl methyl sites for hydroxylation is 1. The molecule has 0 aliphatic carbocycles. The van der Waals surface area contributed by atoms with Gasteiger partial charge in [-0.05, 0) is 51.0 Å². The lowest BCUT2D eigenvalue weighted by Gasteiger charge is -2.35. The molecule has 1 saturated heterocycles. The van der Waals surface area contributed by atoms with E-state index in [-0.39, 0.29) is 23.7 Å². The summed E-state index contributed by atoms with van der Waals surface area (Å²) in [5.41, 5.74) is 0.904. The summed E-state index contributed by atoms with van der Waals surface area (Å²) >= 11 is 0. The van der Waals surface area contributed by atoms with E-state index in [1.165, 1.54) is 5.56 Å². The molecule has 1 aromatic carbocycles. The third-order valence-electron chi connectivity index (χ3n) is 5.16. The minimum Gasteiger partial charge on any atom is -0.393 e. The van der Waals surface area contributed by atoms with Crippen LogP contribution in [-0.4, -0.2) is 54.5 Å². The van der Waals surface area contributed by atoms with Crippen LogP contribution in [0.3, 0.4) is 0 Å². The van der Waals surface area contributed by atoms with Gasteiger partial charge in [-0.2, -0.15) is 0 Å². The summed E-state index contributed by atoms with van der Waals surface area (Å²) in [5.74, 6) is 0.281. The molecule has 1 aromatic rings. The molecule has 2 rings (SSSR count). The molecule has 2 amide bonds. The number of nitrogens with zero attached hydrogens (tertiary/aromatic N) is 1. The molecule has 5 heteroatoms. The van der Waals surface area contributed by atoms with Crippen LogP contribution in [0, 0.1) is 5.92 Å². The van der Waals surface area contributed by atoms with Crippen LogP contribution in [0.1, 0.15) is 38.7 Å². The Bertz CT molecular complexity index is 525. The van der Waals surface area contributed by atoms with Crippen LogP contribution in [-0.2, 0) is 11.2 Å². The number of nitrogens with one attached hydrogen (secondary N) is 1. The summed E-state index contributed by atoms with van der Waals surface area (Å²) < 4.78 is 5.32. The number of carbonyl (C=O) groups is 1. The highest BCUT2D eigenvalue weighted by atomic mass is 16.5. The van der Waals surface area contributed by atoms with E-state index < -0.39 is 0 Å². The Labute approximate surface area is 151 Å². The maximum absolute atomic E-state index is 12.2. The van der Waals surface area contributed by atoms with Crippen molar-refractivity contribution in [1.82, 2.24) is 10.2 Å². The average molecular weight is 348 g/mol. The maximum Gasteiger partial charge on any atom is 0.317 e. The summed E-state index contributed by atoms with van der Waals surface area (Å²) in [7, 11) is 1.65. The van der Waals surface area contributed by atoms with E-state index >= 15 is 0 Å². The van der Waals surface area contributed by atoms with Crippen LogP contribution in [0.25, 0.3) is 0 Å². The topological polar surface area (TPSA) is 61.8 Å². The van der Waals surface area contributed by atoms with E-state index in [1.54, 1.807) is 7.11 Å². The quantitative estimate of drug-likeness (QED) is 0.796. The lowest BCUT2D eigenvalue weighted by atomic mass is 9.88. The van der Waals surface area contributed by atoms with Crippen molar-refractivity contribution >= 4 is 6.03 Å². The molecule has 0 radical (unpaired) electrons. The summed E-state index contributed by atoms with van der Waals surface area (Å²) in [5, 5.41) is 13.4. The fourth-order valence-electron chi connectivity index (χ4n) is 3.15. The first-order chi connectivity index (χ1) is 11.9. The third-order valence-corrected chi connectivity index (χ3v) is 5.16. The number of rotatable bonds is 7. The highest BCUT2D eigenvalue weighted by Gasteiger charge is 2.28. The van der Waals surface area contributed by atoms with E-state index in [9.17, 15) is 9.90 Å². The van der Waals surface area contributed by atoms with Gasteiger partial charge in [-0.15, -0.1) is 0 Å². The lowest BCUT2D eigenvalue weighted by Crippen LogP contribution is -2.49. The molecule has 0 aromatic heterocycles. The number of methoxy groups -OCH3 is 1. The Kier molecular flexibility index (Phi) is 7.26. The van der Waals surface area contributed by atoms with Crippen molar-refractivity contribution in [2.24, 2.45) is 5.92 Å². The molecule has 1 aliphatic heterocycles. The van der Waals surface area contributed by atoms with Crippen LogP contribution in [0.4, 0.5) is 4.79 Å². The van der Waals surface area contributed by atoms with Gasteiger partial charge in [0, 0.05) is 26.7 Å². The number of aliphatic hydroxyl groups excluding tert-OH is 1. The van der Waals surface area contributed by atoms with E-state index in [0.717, 1.165) is 25.7 Å². The highest BCUT2D eigenvalue weighted by molar-refractivity contribution is 5.74. The molecular formula is C20H32N2O3. The Morgan fingerprint density at radius 1 is 1.32 bits per heavy atom. The first-order valence-electron chi connectivity index (χ1n) is 9.21. The number of hydrogen-bond donors (Lipinski definition) is 2. The molecule has 0 bridgehead atoms. The van der Waals surface area contributed by atoms with Crippen molar-refractivity contribution in [2.75, 3.05) is 26.7 Å². The first-order valence-corrected chi connectivity index (χ1v) is 9.21.